The summed E-state index contributed by atoms with van der Waals surface area (Å²) in [4.78, 5) is 18.1. The number of Topliss-reactive ketones (excluding diaryl/α,β-unsaturated/α-hetero) is 1. The van der Waals surface area contributed by atoms with Crippen LogP contribution in [0.25, 0.3) is 0 Å². The molecule has 29 heavy (non-hydrogen) atoms. The van der Waals surface area contributed by atoms with Gasteiger partial charge in [-0.15, -0.1) is 11.3 Å². The molecule has 1 fully saturated rings. The molecule has 2 aromatic rings. The van der Waals surface area contributed by atoms with E-state index in [0.717, 1.165) is 45.5 Å². The Morgan fingerprint density at radius 1 is 1.24 bits per heavy atom. The van der Waals surface area contributed by atoms with E-state index < -0.39 is 0 Å². The Labute approximate surface area is 181 Å². The number of hydrogen-bond acceptors (Lipinski definition) is 5. The molecule has 0 saturated carbocycles. The largest absolute Gasteiger partial charge is 0.378 e. The van der Waals surface area contributed by atoms with E-state index in [1.54, 1.807) is 11.3 Å². The van der Waals surface area contributed by atoms with Gasteiger partial charge in [0.15, 0.2) is 5.78 Å². The Morgan fingerprint density at radius 2 is 1.97 bits per heavy atom. The molecule has 0 amide bonds. The molecular formula is C23H25ClN2O2S. The summed E-state index contributed by atoms with van der Waals surface area (Å²) in [6.07, 6.45) is 1.39. The number of thiophene rings is 1. The fourth-order valence-electron chi connectivity index (χ4n) is 3.93. The summed E-state index contributed by atoms with van der Waals surface area (Å²) in [5.41, 5.74) is 3.34. The maximum absolute atomic E-state index is 12.8. The number of morpholine rings is 1. The molecular weight excluding hydrogens is 404 g/mol. The van der Waals surface area contributed by atoms with Crippen LogP contribution in [0.15, 0.2) is 24.3 Å². The van der Waals surface area contributed by atoms with E-state index >= 15 is 0 Å². The van der Waals surface area contributed by atoms with Gasteiger partial charge < -0.3 is 9.64 Å². The van der Waals surface area contributed by atoms with Gasteiger partial charge in [0.25, 0.3) is 0 Å². The van der Waals surface area contributed by atoms with E-state index in [-0.39, 0.29) is 11.7 Å². The number of nitrogens with zero attached hydrogens (tertiary/aromatic N) is 2. The summed E-state index contributed by atoms with van der Waals surface area (Å²) in [5, 5.41) is 1.85. The molecule has 0 spiro atoms. The number of carbonyl (C=O) groups excluding carboxylic acids is 1. The highest BCUT2D eigenvalue weighted by Crippen LogP contribution is 2.47. The van der Waals surface area contributed by atoms with Crippen LogP contribution in [0.1, 0.15) is 45.1 Å². The van der Waals surface area contributed by atoms with Gasteiger partial charge >= 0.3 is 0 Å². The zero-order valence-electron chi connectivity index (χ0n) is 16.8. The molecule has 1 aromatic heterocycles. The summed E-state index contributed by atoms with van der Waals surface area (Å²) in [7, 11) is 4.03. The van der Waals surface area contributed by atoms with Gasteiger partial charge in [0, 0.05) is 30.5 Å². The van der Waals surface area contributed by atoms with E-state index in [9.17, 15) is 4.79 Å². The minimum atomic E-state index is 0.176. The molecule has 1 aliphatic carbocycles. The van der Waals surface area contributed by atoms with Crippen molar-refractivity contribution in [2.45, 2.75) is 18.8 Å². The summed E-state index contributed by atoms with van der Waals surface area (Å²) >= 11 is 7.73. The zero-order chi connectivity index (χ0) is 20.4. The van der Waals surface area contributed by atoms with Crippen molar-refractivity contribution in [3.05, 3.63) is 50.9 Å². The summed E-state index contributed by atoms with van der Waals surface area (Å²) in [6.45, 7) is 3.78. The van der Waals surface area contributed by atoms with Gasteiger partial charge in [-0.3, -0.25) is 9.69 Å². The molecule has 4 rings (SSSR count). The SMILES string of the molecule is CN(C)CC#Cc1c(N2CCOCC2)sc2c1C(c1ccc(Cl)cc1)CCC2=O. The van der Waals surface area contributed by atoms with E-state index in [4.69, 9.17) is 16.3 Å². The second kappa shape index (κ2) is 8.89. The summed E-state index contributed by atoms with van der Waals surface area (Å²) in [6, 6.07) is 8.02. The minimum Gasteiger partial charge on any atom is -0.378 e. The first kappa shape index (κ1) is 20.4. The number of carbonyl (C=O) groups is 1. The second-order valence-electron chi connectivity index (χ2n) is 7.73. The Hall–Kier alpha value is -1.84. The van der Waals surface area contributed by atoms with Gasteiger partial charge in [-0.25, -0.2) is 0 Å². The maximum Gasteiger partial charge on any atom is 0.173 e. The molecule has 6 heteroatoms. The topological polar surface area (TPSA) is 32.8 Å². The van der Waals surface area contributed by atoms with Gasteiger partial charge in [-0.1, -0.05) is 35.6 Å². The standard InChI is InChI=1S/C23H25ClN2O2S/c1-25(2)11-3-4-19-21-18(16-5-7-17(24)8-6-16)9-10-20(27)22(21)29-23(19)26-12-14-28-15-13-26/h5-8,18H,9-15H2,1-2H3. The van der Waals surface area contributed by atoms with Crippen molar-refractivity contribution < 1.29 is 9.53 Å². The van der Waals surface area contributed by atoms with Crippen molar-refractivity contribution in [1.29, 1.82) is 0 Å². The van der Waals surface area contributed by atoms with Crippen molar-refractivity contribution in [2.24, 2.45) is 0 Å². The molecule has 2 heterocycles. The van der Waals surface area contributed by atoms with Crippen LogP contribution in [-0.2, 0) is 4.74 Å². The predicted molar refractivity (Wildman–Crippen MR) is 120 cm³/mol. The van der Waals surface area contributed by atoms with Crippen molar-refractivity contribution in [1.82, 2.24) is 4.90 Å². The molecule has 0 bridgehead atoms. The van der Waals surface area contributed by atoms with Crippen LogP contribution in [0.3, 0.4) is 0 Å². The average molecular weight is 429 g/mol. The Morgan fingerprint density at radius 3 is 2.66 bits per heavy atom. The number of anilines is 1. The zero-order valence-corrected chi connectivity index (χ0v) is 18.4. The van der Waals surface area contributed by atoms with Crippen LogP contribution in [-0.4, -0.2) is 57.6 Å². The maximum atomic E-state index is 12.8. The van der Waals surface area contributed by atoms with Crippen molar-refractivity contribution >= 4 is 33.7 Å². The van der Waals surface area contributed by atoms with Gasteiger partial charge in [0.1, 0.15) is 5.00 Å². The fourth-order valence-corrected chi connectivity index (χ4v) is 5.39. The van der Waals surface area contributed by atoms with Crippen LogP contribution in [0.4, 0.5) is 5.00 Å². The first-order chi connectivity index (χ1) is 14.0. The lowest BCUT2D eigenvalue weighted by molar-refractivity contribution is 0.0974. The number of ether oxygens (including phenoxy) is 1. The number of rotatable bonds is 3. The van der Waals surface area contributed by atoms with Crippen molar-refractivity contribution in [3.8, 4) is 11.8 Å². The monoisotopic (exact) mass is 428 g/mol. The van der Waals surface area contributed by atoms with Crippen LogP contribution >= 0.6 is 22.9 Å². The van der Waals surface area contributed by atoms with Crippen molar-refractivity contribution in [2.75, 3.05) is 51.8 Å². The number of fused-ring (bicyclic) bond motifs is 1. The Balaban J connectivity index is 1.83. The third-order valence-corrected chi connectivity index (χ3v) is 6.93. The summed E-state index contributed by atoms with van der Waals surface area (Å²) < 4.78 is 5.54. The first-order valence-corrected chi connectivity index (χ1v) is 11.2. The van der Waals surface area contributed by atoms with Crippen LogP contribution in [0.5, 0.6) is 0 Å². The lowest BCUT2D eigenvalue weighted by atomic mass is 9.80. The molecule has 0 radical (unpaired) electrons. The van der Waals surface area contributed by atoms with E-state index in [0.29, 0.717) is 26.2 Å². The molecule has 1 atom stereocenters. The van der Waals surface area contributed by atoms with E-state index in [1.165, 1.54) is 5.56 Å². The highest BCUT2D eigenvalue weighted by Gasteiger charge is 2.34. The highest BCUT2D eigenvalue weighted by molar-refractivity contribution is 7.18. The van der Waals surface area contributed by atoms with Crippen LogP contribution in [0, 0.1) is 11.8 Å². The third-order valence-electron chi connectivity index (χ3n) is 5.37. The molecule has 2 aliphatic rings. The molecule has 0 N–H and O–H groups in total. The predicted octanol–water partition coefficient (Wildman–Crippen LogP) is 4.26. The number of benzene rings is 1. The highest BCUT2D eigenvalue weighted by atomic mass is 35.5. The quantitative estimate of drug-likeness (QED) is 0.684. The normalized spacial score (nSPS) is 19.1. The van der Waals surface area contributed by atoms with Gasteiger partial charge in [-0.2, -0.15) is 0 Å². The van der Waals surface area contributed by atoms with E-state index in [2.05, 4.69) is 33.8 Å². The lowest BCUT2D eigenvalue weighted by Gasteiger charge is -2.28. The second-order valence-corrected chi connectivity index (χ2v) is 9.17. The molecule has 1 aliphatic heterocycles. The minimum absolute atomic E-state index is 0.176. The molecule has 1 unspecified atom stereocenters. The summed E-state index contributed by atoms with van der Waals surface area (Å²) in [5.74, 6) is 7.16. The van der Waals surface area contributed by atoms with Crippen LogP contribution in [0.2, 0.25) is 5.02 Å². The third kappa shape index (κ3) is 4.36. The van der Waals surface area contributed by atoms with Crippen LogP contribution < -0.4 is 4.90 Å². The Bertz CT molecular complexity index is 950. The molecule has 4 nitrogen and oxygen atoms in total. The fraction of sp³-hybridized carbons (Fsp3) is 0.435. The van der Waals surface area contributed by atoms with Gasteiger partial charge in [0.05, 0.1) is 30.2 Å². The molecule has 1 saturated heterocycles. The Kier molecular flexibility index (Phi) is 6.26. The van der Waals surface area contributed by atoms with E-state index in [1.807, 2.05) is 26.2 Å². The smallest absolute Gasteiger partial charge is 0.173 e. The number of ketones is 1. The lowest BCUT2D eigenvalue weighted by Crippen LogP contribution is -2.36. The average Bonchev–Trinajstić information content (AvgIpc) is 3.10. The van der Waals surface area contributed by atoms with Gasteiger partial charge in [0.2, 0.25) is 0 Å². The first-order valence-electron chi connectivity index (χ1n) is 9.96. The van der Waals surface area contributed by atoms with Crippen molar-refractivity contribution in [3.63, 3.8) is 0 Å². The number of hydrogen-bond donors (Lipinski definition) is 0. The molecule has 152 valence electrons. The van der Waals surface area contributed by atoms with Gasteiger partial charge in [-0.05, 0) is 43.8 Å². The molecule has 1 aromatic carbocycles. The number of halogens is 1.